The van der Waals surface area contributed by atoms with Crippen molar-refractivity contribution in [1.82, 2.24) is 0 Å². The molecule has 70 valence electrons. The summed E-state index contributed by atoms with van der Waals surface area (Å²) in [6.07, 6.45) is 0. The largest absolute Gasteiger partial charge is 0.711 e. The van der Waals surface area contributed by atoms with Gasteiger partial charge in [0.15, 0.2) is 11.6 Å². The molecule has 7 heteroatoms. The second-order valence-electron chi connectivity index (χ2n) is 2.00. The van der Waals surface area contributed by atoms with Gasteiger partial charge in [-0.05, 0) is 6.92 Å². The molecule has 0 rings (SSSR count). The van der Waals surface area contributed by atoms with Crippen LogP contribution in [0.5, 0.6) is 0 Å². The number of carbonyl (C=O) groups is 1. The van der Waals surface area contributed by atoms with Gasteiger partial charge in [0.05, 0.1) is 0 Å². The Labute approximate surface area is 70.3 Å². The Hall–Kier alpha value is -0.580. The summed E-state index contributed by atoms with van der Waals surface area (Å²) in [5.74, 6) is -2.03. The van der Waals surface area contributed by atoms with E-state index in [2.05, 4.69) is 14.2 Å². The summed E-state index contributed by atoms with van der Waals surface area (Å²) in [7, 11) is -1.38. The third-order valence-corrected chi connectivity index (χ3v) is 3.37. The van der Waals surface area contributed by atoms with Crippen molar-refractivity contribution in [2.24, 2.45) is 5.11 Å². The maximum absolute atomic E-state index is 11.4. The fraction of sp³-hybridized carbons (Fsp3) is 0.800. The lowest BCUT2D eigenvalue weighted by Crippen LogP contribution is -2.16. The number of ketones is 1. The first-order valence-corrected chi connectivity index (χ1v) is 4.69. The summed E-state index contributed by atoms with van der Waals surface area (Å²) >= 11 is 0. The van der Waals surface area contributed by atoms with Gasteiger partial charge in [0.2, 0.25) is 0 Å². The molecule has 0 spiro atoms. The summed E-state index contributed by atoms with van der Waals surface area (Å²) in [6.45, 7) is 1.13. The second kappa shape index (κ2) is 4.45. The van der Waals surface area contributed by atoms with Crippen LogP contribution in [0.15, 0.2) is 5.11 Å². The van der Waals surface area contributed by atoms with Gasteiger partial charge in [-0.3, -0.25) is 9.36 Å². The monoisotopic (exact) mass is 193 g/mol. The van der Waals surface area contributed by atoms with E-state index in [-0.39, 0.29) is 0 Å². The van der Waals surface area contributed by atoms with Gasteiger partial charge >= 0.3 is 7.60 Å². The minimum Gasteiger partial charge on any atom is -0.711 e. The third-order valence-electron chi connectivity index (χ3n) is 1.28. The minimum absolute atomic E-state index is 0.579. The Kier molecular flexibility index (Phi) is 4.23. The molecule has 0 saturated heterocycles. The van der Waals surface area contributed by atoms with E-state index in [0.29, 0.717) is 0 Å². The summed E-state index contributed by atoms with van der Waals surface area (Å²) in [5, 5.41) is 2.64. The number of hydrogen-bond acceptors (Lipinski definition) is 5. The van der Waals surface area contributed by atoms with E-state index in [1.54, 1.807) is 0 Å². The number of rotatable bonds is 5. The lowest BCUT2D eigenvalue weighted by atomic mass is 10.5. The maximum atomic E-state index is 11.4. The van der Waals surface area contributed by atoms with E-state index >= 15 is 0 Å². The first kappa shape index (κ1) is 11.4. The van der Waals surface area contributed by atoms with E-state index in [9.17, 15) is 9.36 Å². The van der Waals surface area contributed by atoms with Gasteiger partial charge in [0.25, 0.3) is 0 Å². The first-order valence-electron chi connectivity index (χ1n) is 3.07. The van der Waals surface area contributed by atoms with Crippen molar-refractivity contribution in [3.05, 3.63) is 5.53 Å². The zero-order valence-electron chi connectivity index (χ0n) is 7.05. The van der Waals surface area contributed by atoms with E-state index in [1.807, 2.05) is 0 Å². The molecule has 0 aromatic heterocycles. The highest BCUT2D eigenvalue weighted by atomic mass is 31.2. The molecule has 0 saturated carbocycles. The number of carbonyl (C=O) groups excluding carboxylic acids is 1. The van der Waals surface area contributed by atoms with Crippen molar-refractivity contribution in [1.29, 1.82) is 0 Å². The molecule has 0 radical (unpaired) electrons. The number of hydrogen-bond donors (Lipinski definition) is 0. The van der Waals surface area contributed by atoms with Crippen molar-refractivity contribution in [3.63, 3.8) is 0 Å². The third kappa shape index (κ3) is 2.20. The molecule has 0 amide bonds. The zero-order valence-corrected chi connectivity index (χ0v) is 7.95. The minimum atomic E-state index is -3.61. The fourth-order valence-electron chi connectivity index (χ4n) is 0.641. The highest BCUT2D eigenvalue weighted by Crippen LogP contribution is 2.52. The van der Waals surface area contributed by atoms with Gasteiger partial charge in [-0.25, -0.2) is 0 Å². The molecule has 0 aliphatic carbocycles. The predicted molar refractivity (Wildman–Crippen MR) is 41.9 cm³/mol. The van der Waals surface area contributed by atoms with E-state index in [0.717, 1.165) is 21.1 Å². The Morgan fingerprint density at radius 2 is 1.92 bits per heavy atom. The quantitative estimate of drug-likeness (QED) is 0.487. The zero-order chi connectivity index (χ0) is 9.78. The molecule has 1 atom stereocenters. The van der Waals surface area contributed by atoms with Crippen LogP contribution in [0.2, 0.25) is 0 Å². The highest BCUT2D eigenvalue weighted by molar-refractivity contribution is 7.55. The van der Waals surface area contributed by atoms with Crippen molar-refractivity contribution in [2.45, 2.75) is 12.7 Å². The van der Waals surface area contributed by atoms with Crippen LogP contribution in [-0.4, -0.2) is 25.8 Å². The molecule has 0 bridgehead atoms. The molecule has 0 fully saturated rings. The van der Waals surface area contributed by atoms with Crippen LogP contribution in [0.1, 0.15) is 6.92 Å². The van der Waals surface area contributed by atoms with Crippen molar-refractivity contribution in [2.75, 3.05) is 14.2 Å². The molecule has 1 unspecified atom stereocenters. The lowest BCUT2D eigenvalue weighted by Gasteiger charge is -2.20. The van der Waals surface area contributed by atoms with Crippen LogP contribution in [0.3, 0.4) is 0 Å². The van der Waals surface area contributed by atoms with Gasteiger partial charge in [-0.2, -0.15) is 0 Å². The number of Topliss-reactive ketones (excluding diaryl/α,β-unsaturated/α-hetero) is 1. The molecule has 12 heavy (non-hydrogen) atoms. The Bertz CT molecular complexity index is 221. The maximum Gasteiger partial charge on any atom is 0.360 e. The molecule has 0 aliphatic rings. The van der Waals surface area contributed by atoms with Crippen LogP contribution in [0.4, 0.5) is 0 Å². The van der Waals surface area contributed by atoms with E-state index in [1.165, 1.54) is 0 Å². The van der Waals surface area contributed by atoms with Crippen molar-refractivity contribution >= 4 is 13.4 Å². The van der Waals surface area contributed by atoms with Crippen LogP contribution >= 0.6 is 7.60 Å². The first-order chi connectivity index (χ1) is 5.51. The van der Waals surface area contributed by atoms with Crippen LogP contribution in [0, 0.1) is 0 Å². The average molecular weight is 193 g/mol. The SMILES string of the molecule is COP(=O)(OC)C(N=[N-])C(C)=O. The van der Waals surface area contributed by atoms with Crippen LogP contribution < -0.4 is 0 Å². The standard InChI is InChI=1S/C5H10N2O4P/c1-4(8)5(7-6)12(9,10-2)11-3/h5H,1-3H3/q-1. The summed E-state index contributed by atoms with van der Waals surface area (Å²) in [4.78, 5) is 10.8. The molecule has 0 aliphatic heterocycles. The Morgan fingerprint density at radius 1 is 1.50 bits per heavy atom. The van der Waals surface area contributed by atoms with Gasteiger partial charge in [0, 0.05) is 14.2 Å². The smallest absolute Gasteiger partial charge is 0.360 e. The second-order valence-corrected chi connectivity index (χ2v) is 4.30. The Balaban J connectivity index is 4.80. The average Bonchev–Trinajstić information content (AvgIpc) is 2.04. The van der Waals surface area contributed by atoms with E-state index in [4.69, 9.17) is 5.53 Å². The topological polar surface area (TPSA) is 87.3 Å². The van der Waals surface area contributed by atoms with Crippen LogP contribution in [-0.2, 0) is 18.4 Å². The molecule has 0 N–H and O–H groups in total. The van der Waals surface area contributed by atoms with Gasteiger partial charge in [-0.1, -0.05) is 0 Å². The van der Waals surface area contributed by atoms with Crippen molar-refractivity contribution in [3.8, 4) is 0 Å². The van der Waals surface area contributed by atoms with Crippen molar-refractivity contribution < 1.29 is 18.4 Å². The molecular weight excluding hydrogens is 183 g/mol. The number of nitrogens with zero attached hydrogens (tertiary/aromatic N) is 2. The Morgan fingerprint density at radius 3 is 2.00 bits per heavy atom. The molecular formula is C5H10N2O4P-. The highest BCUT2D eigenvalue weighted by Gasteiger charge is 2.35. The summed E-state index contributed by atoms with van der Waals surface area (Å²) in [6, 6.07) is 0. The molecule has 0 heterocycles. The van der Waals surface area contributed by atoms with Gasteiger partial charge in [0.1, 0.15) is 0 Å². The van der Waals surface area contributed by atoms with Crippen LogP contribution in [0.25, 0.3) is 5.53 Å². The van der Waals surface area contributed by atoms with Gasteiger partial charge in [-0.15, -0.1) is 0 Å². The summed E-state index contributed by atoms with van der Waals surface area (Å²) < 4.78 is 20.3. The van der Waals surface area contributed by atoms with E-state index < -0.39 is 19.2 Å². The molecule has 0 aromatic rings. The lowest BCUT2D eigenvalue weighted by molar-refractivity contribution is -0.116. The predicted octanol–water partition coefficient (Wildman–Crippen LogP) is 1.41. The normalized spacial score (nSPS) is 13.9. The molecule has 0 aromatic carbocycles. The molecule has 6 nitrogen and oxygen atoms in total. The van der Waals surface area contributed by atoms with Gasteiger partial charge < -0.3 is 19.7 Å². The fourth-order valence-corrected chi connectivity index (χ4v) is 1.76. The summed E-state index contributed by atoms with van der Waals surface area (Å²) in [5.41, 5.74) is 8.37.